The summed E-state index contributed by atoms with van der Waals surface area (Å²) in [6.45, 7) is 0. The Kier molecular flexibility index (Phi) is 1.73. The maximum absolute atomic E-state index is 11.3. The average molecular weight is 185 g/mol. The number of halogens is 1. The van der Waals surface area contributed by atoms with E-state index in [1.807, 2.05) is 0 Å². The summed E-state index contributed by atoms with van der Waals surface area (Å²) in [7, 11) is 0. The molecule has 0 aromatic heterocycles. The number of nitriles is 1. The summed E-state index contributed by atoms with van der Waals surface area (Å²) in [5.41, 5.74) is 0. The van der Waals surface area contributed by atoms with Crippen LogP contribution in [0.3, 0.4) is 0 Å². The highest BCUT2D eigenvalue weighted by Gasteiger charge is 2.53. The van der Waals surface area contributed by atoms with Gasteiger partial charge in [-0.15, -0.1) is 11.6 Å². The van der Waals surface area contributed by atoms with Crippen LogP contribution in [0.4, 0.5) is 0 Å². The number of hydrogen-bond donors (Lipinski definition) is 0. The van der Waals surface area contributed by atoms with Crippen LogP contribution < -0.4 is 0 Å². The first-order valence-electron chi connectivity index (χ1n) is 4.04. The van der Waals surface area contributed by atoms with E-state index in [0.29, 0.717) is 12.0 Å². The van der Waals surface area contributed by atoms with Crippen LogP contribution in [0.1, 0.15) is 12.8 Å². The molecular weight excluding hydrogens is 176 g/mol. The summed E-state index contributed by atoms with van der Waals surface area (Å²) < 4.78 is 0. The van der Waals surface area contributed by atoms with Gasteiger partial charge in [0.2, 0.25) is 5.91 Å². The van der Waals surface area contributed by atoms with Gasteiger partial charge >= 0.3 is 0 Å². The number of carbonyl (C=O) groups is 1. The molecule has 1 amide bonds. The Labute approximate surface area is 75.9 Å². The minimum atomic E-state index is -0.208. The lowest BCUT2D eigenvalue weighted by Gasteiger charge is -2.21. The van der Waals surface area contributed by atoms with Crippen molar-refractivity contribution in [3.05, 3.63) is 0 Å². The van der Waals surface area contributed by atoms with Gasteiger partial charge < -0.3 is 4.90 Å². The standard InChI is InChI=1S/C8H9ClN2O/c9-3-8(12)11-6(4-10)1-5-2-7(5)11/h5-7H,1-3H2. The number of rotatable bonds is 1. The summed E-state index contributed by atoms with van der Waals surface area (Å²) in [6.07, 6.45) is 1.92. The maximum atomic E-state index is 11.3. The van der Waals surface area contributed by atoms with Crippen LogP contribution in [0, 0.1) is 17.2 Å². The Morgan fingerprint density at radius 1 is 1.67 bits per heavy atom. The first-order chi connectivity index (χ1) is 5.77. The summed E-state index contributed by atoms with van der Waals surface area (Å²) >= 11 is 5.44. The van der Waals surface area contributed by atoms with Gasteiger partial charge in [0.1, 0.15) is 11.9 Å². The van der Waals surface area contributed by atoms with E-state index in [0.717, 1.165) is 12.8 Å². The van der Waals surface area contributed by atoms with Crippen LogP contribution >= 0.6 is 11.6 Å². The van der Waals surface area contributed by atoms with Crippen molar-refractivity contribution in [2.75, 3.05) is 5.88 Å². The molecule has 12 heavy (non-hydrogen) atoms. The molecule has 0 radical (unpaired) electrons. The normalized spacial score (nSPS) is 37.3. The number of piperidine rings is 1. The van der Waals surface area contributed by atoms with E-state index in [1.165, 1.54) is 0 Å². The Bertz CT molecular complexity index is 260. The lowest BCUT2D eigenvalue weighted by Crippen LogP contribution is -2.38. The quantitative estimate of drug-likeness (QED) is 0.565. The molecule has 4 heteroatoms. The highest BCUT2D eigenvalue weighted by Crippen LogP contribution is 2.47. The smallest absolute Gasteiger partial charge is 0.238 e. The van der Waals surface area contributed by atoms with Crippen LogP contribution in [0.15, 0.2) is 0 Å². The topological polar surface area (TPSA) is 44.1 Å². The van der Waals surface area contributed by atoms with E-state index in [1.54, 1.807) is 4.90 Å². The van der Waals surface area contributed by atoms with Crippen LogP contribution in [-0.2, 0) is 4.79 Å². The van der Waals surface area contributed by atoms with Gasteiger partial charge in [0.15, 0.2) is 0 Å². The van der Waals surface area contributed by atoms with Gasteiger partial charge in [0.25, 0.3) is 0 Å². The molecule has 0 spiro atoms. The number of hydrogen-bond acceptors (Lipinski definition) is 2. The van der Waals surface area contributed by atoms with Gasteiger partial charge in [-0.05, 0) is 18.8 Å². The van der Waals surface area contributed by atoms with Gasteiger partial charge in [-0.2, -0.15) is 5.26 Å². The van der Waals surface area contributed by atoms with Crippen molar-refractivity contribution in [1.82, 2.24) is 4.90 Å². The van der Waals surface area contributed by atoms with Crippen LogP contribution in [0.25, 0.3) is 0 Å². The number of alkyl halides is 1. The fourth-order valence-electron chi connectivity index (χ4n) is 2.00. The molecule has 2 fully saturated rings. The summed E-state index contributed by atoms with van der Waals surface area (Å²) in [6, 6.07) is 2.26. The summed E-state index contributed by atoms with van der Waals surface area (Å²) in [5.74, 6) is 0.497. The van der Waals surface area contributed by atoms with E-state index in [9.17, 15) is 4.79 Å². The molecule has 64 valence electrons. The molecule has 3 unspecified atom stereocenters. The molecule has 2 aliphatic rings. The van der Waals surface area contributed by atoms with Crippen LogP contribution in [0.2, 0.25) is 0 Å². The van der Waals surface area contributed by atoms with Gasteiger partial charge in [-0.3, -0.25) is 4.79 Å². The molecule has 3 atom stereocenters. The molecule has 1 aliphatic carbocycles. The Morgan fingerprint density at radius 2 is 2.42 bits per heavy atom. The average Bonchev–Trinajstić information content (AvgIpc) is 2.76. The summed E-state index contributed by atoms with van der Waals surface area (Å²) in [5, 5.41) is 8.73. The summed E-state index contributed by atoms with van der Waals surface area (Å²) in [4.78, 5) is 12.9. The third-order valence-corrected chi connectivity index (χ3v) is 2.88. The first kappa shape index (κ1) is 7.88. The predicted octanol–water partition coefficient (Wildman–Crippen LogP) is 0.738. The van der Waals surface area contributed by atoms with E-state index in [-0.39, 0.29) is 17.8 Å². The van der Waals surface area contributed by atoms with Crippen molar-refractivity contribution in [3.8, 4) is 6.07 Å². The third kappa shape index (κ3) is 0.987. The second-order valence-corrected chi connectivity index (χ2v) is 3.65. The van der Waals surface area contributed by atoms with Crippen molar-refractivity contribution in [2.45, 2.75) is 24.9 Å². The molecule has 0 aromatic carbocycles. The lowest BCUT2D eigenvalue weighted by molar-refractivity contribution is -0.129. The van der Waals surface area contributed by atoms with Crippen molar-refractivity contribution in [2.24, 2.45) is 5.92 Å². The molecular formula is C8H9ClN2O. The van der Waals surface area contributed by atoms with E-state index in [4.69, 9.17) is 16.9 Å². The zero-order valence-corrected chi connectivity index (χ0v) is 7.29. The SMILES string of the molecule is N#CC1CC2CC2N1C(=O)CCl. The van der Waals surface area contributed by atoms with Gasteiger partial charge in [0.05, 0.1) is 6.07 Å². The van der Waals surface area contributed by atoms with Gasteiger partial charge in [0, 0.05) is 6.04 Å². The van der Waals surface area contributed by atoms with E-state index in [2.05, 4.69) is 6.07 Å². The first-order valence-corrected chi connectivity index (χ1v) is 4.58. The largest absolute Gasteiger partial charge is 0.322 e. The molecule has 1 saturated heterocycles. The zero-order chi connectivity index (χ0) is 8.72. The van der Waals surface area contributed by atoms with Crippen LogP contribution in [0.5, 0.6) is 0 Å². The number of carbonyl (C=O) groups excluding carboxylic acids is 1. The van der Waals surface area contributed by atoms with E-state index >= 15 is 0 Å². The second kappa shape index (κ2) is 2.63. The van der Waals surface area contributed by atoms with Crippen molar-refractivity contribution < 1.29 is 4.79 Å². The van der Waals surface area contributed by atoms with E-state index < -0.39 is 0 Å². The molecule has 1 heterocycles. The number of likely N-dealkylation sites (tertiary alicyclic amines) is 1. The molecule has 1 aliphatic heterocycles. The van der Waals surface area contributed by atoms with Crippen LogP contribution in [-0.4, -0.2) is 28.8 Å². The minimum Gasteiger partial charge on any atom is -0.322 e. The molecule has 0 aromatic rings. The zero-order valence-electron chi connectivity index (χ0n) is 6.53. The van der Waals surface area contributed by atoms with Crippen molar-refractivity contribution in [3.63, 3.8) is 0 Å². The maximum Gasteiger partial charge on any atom is 0.238 e. The fraction of sp³-hybridized carbons (Fsp3) is 0.750. The minimum absolute atomic E-state index is 0.00139. The molecule has 3 nitrogen and oxygen atoms in total. The lowest BCUT2D eigenvalue weighted by atomic mass is 10.2. The Hall–Kier alpha value is -0.750. The van der Waals surface area contributed by atoms with Crippen molar-refractivity contribution >= 4 is 17.5 Å². The molecule has 2 rings (SSSR count). The number of fused-ring (bicyclic) bond motifs is 1. The second-order valence-electron chi connectivity index (χ2n) is 3.38. The molecule has 0 bridgehead atoms. The molecule has 0 N–H and O–H groups in total. The predicted molar refractivity (Wildman–Crippen MR) is 43.5 cm³/mol. The van der Waals surface area contributed by atoms with Gasteiger partial charge in [-0.1, -0.05) is 0 Å². The molecule has 1 saturated carbocycles. The number of amides is 1. The third-order valence-electron chi connectivity index (χ3n) is 2.66. The Morgan fingerprint density at radius 3 is 3.00 bits per heavy atom. The fourth-order valence-corrected chi connectivity index (χ4v) is 2.14. The highest BCUT2D eigenvalue weighted by atomic mass is 35.5. The van der Waals surface area contributed by atoms with Crippen molar-refractivity contribution in [1.29, 1.82) is 5.26 Å². The number of nitrogens with zero attached hydrogens (tertiary/aromatic N) is 2. The Balaban J connectivity index is 2.12. The highest BCUT2D eigenvalue weighted by molar-refractivity contribution is 6.27. The van der Waals surface area contributed by atoms with Gasteiger partial charge in [-0.25, -0.2) is 0 Å². The monoisotopic (exact) mass is 184 g/mol.